The van der Waals surface area contributed by atoms with Crippen molar-refractivity contribution in [1.82, 2.24) is 29.5 Å². The molecule has 1 N–H and O–H groups in total. The van der Waals surface area contributed by atoms with Crippen molar-refractivity contribution >= 4 is 11.5 Å². The lowest BCUT2D eigenvalue weighted by atomic mass is 10.1. The van der Waals surface area contributed by atoms with E-state index in [-0.39, 0.29) is 0 Å². The van der Waals surface area contributed by atoms with Crippen LogP contribution in [0.1, 0.15) is 17.1 Å². The largest absolute Gasteiger partial charge is 0.481 e. The number of nitrogens with one attached hydrogen (secondary N) is 1. The van der Waals surface area contributed by atoms with E-state index in [1.54, 1.807) is 19.6 Å². The summed E-state index contributed by atoms with van der Waals surface area (Å²) in [6.45, 7) is 4.41. The molecule has 0 aromatic carbocycles. The summed E-state index contributed by atoms with van der Waals surface area (Å²) in [6.07, 6.45) is 5.22. The van der Waals surface area contributed by atoms with Gasteiger partial charge in [-0.2, -0.15) is 0 Å². The Morgan fingerprint density at radius 3 is 2.81 bits per heavy atom. The normalized spacial score (nSPS) is 10.9. The molecule has 0 bridgehead atoms. The van der Waals surface area contributed by atoms with Gasteiger partial charge in [0.1, 0.15) is 18.0 Å². The Balaban J connectivity index is 1.69. The number of hydrogen-bond acceptors (Lipinski definition) is 7. The second-order valence-electron chi connectivity index (χ2n) is 6.10. The molecule has 0 amide bonds. The van der Waals surface area contributed by atoms with Crippen LogP contribution in [0.4, 0.5) is 5.82 Å². The van der Waals surface area contributed by atoms with Crippen molar-refractivity contribution in [2.75, 3.05) is 12.4 Å². The predicted octanol–water partition coefficient (Wildman–Crippen LogP) is 2.82. The SMILES string of the molecule is COc1ncccc1CNc1ccc(-c2cnc(C)nc2C)c2nncn12. The van der Waals surface area contributed by atoms with Crippen LogP contribution in [0.15, 0.2) is 43.0 Å². The van der Waals surface area contributed by atoms with Gasteiger partial charge in [0.15, 0.2) is 5.65 Å². The second kappa shape index (κ2) is 6.99. The lowest BCUT2D eigenvalue weighted by Crippen LogP contribution is -2.06. The van der Waals surface area contributed by atoms with Crippen LogP contribution in [0.3, 0.4) is 0 Å². The molecular weight excluding hydrogens is 342 g/mol. The number of hydrogen-bond donors (Lipinski definition) is 1. The molecule has 0 spiro atoms. The van der Waals surface area contributed by atoms with Crippen LogP contribution in [0.2, 0.25) is 0 Å². The van der Waals surface area contributed by atoms with Gasteiger partial charge in [0, 0.05) is 41.3 Å². The van der Waals surface area contributed by atoms with Gasteiger partial charge in [0.05, 0.1) is 7.11 Å². The van der Waals surface area contributed by atoms with Crippen LogP contribution in [-0.4, -0.2) is 36.7 Å². The molecule has 0 saturated heterocycles. The first-order chi connectivity index (χ1) is 13.2. The maximum Gasteiger partial charge on any atom is 0.218 e. The van der Waals surface area contributed by atoms with E-state index in [0.717, 1.165) is 39.7 Å². The highest BCUT2D eigenvalue weighted by molar-refractivity contribution is 5.79. The van der Waals surface area contributed by atoms with E-state index in [9.17, 15) is 0 Å². The van der Waals surface area contributed by atoms with Gasteiger partial charge < -0.3 is 10.1 Å². The molecule has 0 saturated carbocycles. The first kappa shape index (κ1) is 16.9. The molecule has 0 fully saturated rings. The zero-order valence-corrected chi connectivity index (χ0v) is 15.3. The number of anilines is 1. The highest BCUT2D eigenvalue weighted by atomic mass is 16.5. The van der Waals surface area contributed by atoms with E-state index >= 15 is 0 Å². The predicted molar refractivity (Wildman–Crippen MR) is 102 cm³/mol. The van der Waals surface area contributed by atoms with E-state index in [4.69, 9.17) is 4.74 Å². The minimum atomic E-state index is 0.566. The topological polar surface area (TPSA) is 90.1 Å². The van der Waals surface area contributed by atoms with Crippen LogP contribution in [0.5, 0.6) is 5.88 Å². The van der Waals surface area contributed by atoms with Gasteiger partial charge in [0.25, 0.3) is 0 Å². The molecule has 4 aromatic heterocycles. The van der Waals surface area contributed by atoms with Crippen molar-refractivity contribution in [2.24, 2.45) is 0 Å². The number of nitrogens with zero attached hydrogens (tertiary/aromatic N) is 6. The second-order valence-corrected chi connectivity index (χ2v) is 6.10. The summed E-state index contributed by atoms with van der Waals surface area (Å²) in [5.74, 6) is 2.22. The zero-order chi connectivity index (χ0) is 18.8. The maximum absolute atomic E-state index is 5.31. The van der Waals surface area contributed by atoms with Crippen molar-refractivity contribution in [3.05, 3.63) is 60.1 Å². The van der Waals surface area contributed by atoms with E-state index in [1.807, 2.05) is 48.7 Å². The Kier molecular flexibility index (Phi) is 4.37. The lowest BCUT2D eigenvalue weighted by molar-refractivity contribution is 0.393. The number of pyridine rings is 2. The van der Waals surface area contributed by atoms with Gasteiger partial charge in [-0.25, -0.2) is 15.0 Å². The monoisotopic (exact) mass is 361 g/mol. The molecule has 0 unspecified atom stereocenters. The fraction of sp³-hybridized carbons (Fsp3) is 0.211. The summed E-state index contributed by atoms with van der Waals surface area (Å²) >= 11 is 0. The molecule has 4 aromatic rings. The summed E-state index contributed by atoms with van der Waals surface area (Å²) in [5, 5.41) is 11.8. The Morgan fingerprint density at radius 2 is 2.00 bits per heavy atom. The summed E-state index contributed by atoms with van der Waals surface area (Å²) in [5.41, 5.74) is 4.50. The number of aromatic nitrogens is 6. The Bertz CT molecular complexity index is 1110. The first-order valence-electron chi connectivity index (χ1n) is 8.52. The molecule has 0 atom stereocenters. The molecule has 8 heteroatoms. The van der Waals surface area contributed by atoms with Gasteiger partial charge in [-0.15, -0.1) is 10.2 Å². The fourth-order valence-electron chi connectivity index (χ4n) is 3.04. The summed E-state index contributed by atoms with van der Waals surface area (Å²) in [6, 6.07) is 7.86. The van der Waals surface area contributed by atoms with Crippen LogP contribution in [0.25, 0.3) is 16.8 Å². The van der Waals surface area contributed by atoms with Gasteiger partial charge >= 0.3 is 0 Å². The number of fused-ring (bicyclic) bond motifs is 1. The van der Waals surface area contributed by atoms with Crippen molar-refractivity contribution in [2.45, 2.75) is 20.4 Å². The zero-order valence-electron chi connectivity index (χ0n) is 15.3. The minimum Gasteiger partial charge on any atom is -0.481 e. The van der Waals surface area contributed by atoms with Crippen LogP contribution in [-0.2, 0) is 6.54 Å². The van der Waals surface area contributed by atoms with Crippen molar-refractivity contribution in [3.8, 4) is 17.0 Å². The number of ether oxygens (including phenoxy) is 1. The molecule has 0 aliphatic heterocycles. The lowest BCUT2D eigenvalue weighted by Gasteiger charge is -2.13. The van der Waals surface area contributed by atoms with Gasteiger partial charge in [0.2, 0.25) is 5.88 Å². The van der Waals surface area contributed by atoms with Crippen LogP contribution >= 0.6 is 0 Å². The van der Waals surface area contributed by atoms with E-state index < -0.39 is 0 Å². The quantitative estimate of drug-likeness (QED) is 0.584. The molecule has 8 nitrogen and oxygen atoms in total. The first-order valence-corrected chi connectivity index (χ1v) is 8.52. The Hall–Kier alpha value is -3.55. The molecule has 4 rings (SSSR count). The highest BCUT2D eigenvalue weighted by Gasteiger charge is 2.13. The van der Waals surface area contributed by atoms with Crippen molar-refractivity contribution < 1.29 is 4.74 Å². The van der Waals surface area contributed by atoms with E-state index in [1.165, 1.54) is 0 Å². The third kappa shape index (κ3) is 3.17. The molecule has 0 radical (unpaired) electrons. The van der Waals surface area contributed by atoms with Crippen LogP contribution in [0, 0.1) is 13.8 Å². The van der Waals surface area contributed by atoms with Crippen molar-refractivity contribution in [3.63, 3.8) is 0 Å². The fourth-order valence-corrected chi connectivity index (χ4v) is 3.04. The molecule has 4 heterocycles. The smallest absolute Gasteiger partial charge is 0.218 e. The number of rotatable bonds is 5. The Morgan fingerprint density at radius 1 is 1.11 bits per heavy atom. The Labute approximate surface area is 156 Å². The third-order valence-electron chi connectivity index (χ3n) is 4.35. The summed E-state index contributed by atoms with van der Waals surface area (Å²) in [7, 11) is 1.62. The van der Waals surface area contributed by atoms with E-state index in [2.05, 4.69) is 30.5 Å². The molecule has 27 heavy (non-hydrogen) atoms. The molecule has 0 aliphatic rings. The van der Waals surface area contributed by atoms with Crippen molar-refractivity contribution in [1.29, 1.82) is 0 Å². The van der Waals surface area contributed by atoms with Gasteiger partial charge in [-0.05, 0) is 32.0 Å². The van der Waals surface area contributed by atoms with E-state index in [0.29, 0.717) is 12.4 Å². The summed E-state index contributed by atoms with van der Waals surface area (Å²) in [4.78, 5) is 13.0. The number of methoxy groups -OCH3 is 1. The number of aryl methyl sites for hydroxylation is 2. The summed E-state index contributed by atoms with van der Waals surface area (Å²) < 4.78 is 7.22. The average Bonchev–Trinajstić information content (AvgIpc) is 3.17. The molecule has 0 aliphatic carbocycles. The third-order valence-corrected chi connectivity index (χ3v) is 4.35. The van der Waals surface area contributed by atoms with Gasteiger partial charge in [-0.1, -0.05) is 6.07 Å². The average molecular weight is 361 g/mol. The molecule has 136 valence electrons. The van der Waals surface area contributed by atoms with Crippen LogP contribution < -0.4 is 10.1 Å². The molecular formula is C19H19N7O. The standard InChI is InChI=1S/C19H19N7O/c1-12-16(10-21-13(2)24-12)15-6-7-17(26-11-23-25-18(15)26)22-9-14-5-4-8-20-19(14)27-3/h4-8,10-11,22H,9H2,1-3H3. The minimum absolute atomic E-state index is 0.566. The highest BCUT2D eigenvalue weighted by Crippen LogP contribution is 2.28. The van der Waals surface area contributed by atoms with Gasteiger partial charge in [-0.3, -0.25) is 4.40 Å². The maximum atomic E-state index is 5.31.